The molecule has 1 aromatic carbocycles. The number of nitrogens with one attached hydrogen (secondary N) is 1. The summed E-state index contributed by atoms with van der Waals surface area (Å²) < 4.78 is 2.78. The molecule has 1 heterocycles. The van der Waals surface area contributed by atoms with E-state index < -0.39 is 0 Å². The van der Waals surface area contributed by atoms with E-state index in [1.807, 2.05) is 22.9 Å². The molecule has 0 saturated heterocycles. The standard InChI is InChI=1S/C12H15BrClN5/c1-2-5-19-11(7-16-18-19)12(17-15)9-6-8(13)3-4-10(9)14/h3-4,6-7,12,17H,2,5,15H2,1H3. The fraction of sp³-hybridized carbons (Fsp3) is 0.333. The number of aromatic nitrogens is 3. The number of aryl methyl sites for hydroxylation is 1. The van der Waals surface area contributed by atoms with Crippen LogP contribution in [0.4, 0.5) is 0 Å². The average molecular weight is 345 g/mol. The quantitative estimate of drug-likeness (QED) is 0.646. The minimum absolute atomic E-state index is 0.244. The Morgan fingerprint density at radius 1 is 1.53 bits per heavy atom. The van der Waals surface area contributed by atoms with Gasteiger partial charge in [0.15, 0.2) is 0 Å². The second kappa shape index (κ2) is 6.47. The summed E-state index contributed by atoms with van der Waals surface area (Å²) >= 11 is 9.69. The molecule has 7 heteroatoms. The highest BCUT2D eigenvalue weighted by Gasteiger charge is 2.20. The van der Waals surface area contributed by atoms with E-state index in [0.29, 0.717) is 5.02 Å². The average Bonchev–Trinajstić information content (AvgIpc) is 2.83. The third kappa shape index (κ3) is 3.14. The van der Waals surface area contributed by atoms with Crippen LogP contribution in [0.15, 0.2) is 28.9 Å². The number of hydrogen-bond donors (Lipinski definition) is 2. The van der Waals surface area contributed by atoms with Crippen molar-refractivity contribution in [1.29, 1.82) is 0 Å². The van der Waals surface area contributed by atoms with Crippen molar-refractivity contribution in [3.63, 3.8) is 0 Å². The van der Waals surface area contributed by atoms with E-state index in [0.717, 1.165) is 28.7 Å². The first-order valence-electron chi connectivity index (χ1n) is 5.96. The molecule has 0 radical (unpaired) electrons. The number of hydrazine groups is 1. The molecular formula is C12H15BrClN5. The molecule has 0 amide bonds. The number of nitrogens with two attached hydrogens (primary N) is 1. The van der Waals surface area contributed by atoms with Crippen LogP contribution in [0.25, 0.3) is 0 Å². The fourth-order valence-electron chi connectivity index (χ4n) is 1.95. The first kappa shape index (κ1) is 14.5. The second-order valence-corrected chi connectivity index (χ2v) is 5.47. The van der Waals surface area contributed by atoms with Gasteiger partial charge in [-0.3, -0.25) is 5.84 Å². The van der Waals surface area contributed by atoms with Crippen LogP contribution in [0, 0.1) is 0 Å². The summed E-state index contributed by atoms with van der Waals surface area (Å²) in [6.07, 6.45) is 2.68. The maximum atomic E-state index is 6.25. The maximum Gasteiger partial charge on any atom is 0.0909 e. The molecule has 1 atom stereocenters. The van der Waals surface area contributed by atoms with Gasteiger partial charge in [-0.05, 0) is 30.2 Å². The van der Waals surface area contributed by atoms with Crippen molar-refractivity contribution in [2.75, 3.05) is 0 Å². The molecule has 5 nitrogen and oxygen atoms in total. The van der Waals surface area contributed by atoms with Gasteiger partial charge in [0, 0.05) is 16.0 Å². The summed E-state index contributed by atoms with van der Waals surface area (Å²) in [4.78, 5) is 0. The predicted octanol–water partition coefficient (Wildman–Crippen LogP) is 2.66. The highest BCUT2D eigenvalue weighted by atomic mass is 79.9. The molecule has 0 aliphatic heterocycles. The van der Waals surface area contributed by atoms with Crippen LogP contribution in [0.1, 0.15) is 30.6 Å². The number of nitrogens with zero attached hydrogens (tertiary/aromatic N) is 3. The summed E-state index contributed by atoms with van der Waals surface area (Å²) in [6.45, 7) is 2.88. The van der Waals surface area contributed by atoms with E-state index in [4.69, 9.17) is 17.4 Å². The zero-order valence-electron chi connectivity index (χ0n) is 10.5. The van der Waals surface area contributed by atoms with Crippen molar-refractivity contribution in [2.24, 2.45) is 5.84 Å². The van der Waals surface area contributed by atoms with Crippen molar-refractivity contribution in [1.82, 2.24) is 20.4 Å². The highest BCUT2D eigenvalue weighted by Crippen LogP contribution is 2.30. The van der Waals surface area contributed by atoms with Crippen LogP contribution in [-0.2, 0) is 6.54 Å². The van der Waals surface area contributed by atoms with Crippen LogP contribution in [-0.4, -0.2) is 15.0 Å². The number of hydrogen-bond acceptors (Lipinski definition) is 4. The number of rotatable bonds is 5. The molecule has 0 aliphatic carbocycles. The van der Waals surface area contributed by atoms with E-state index in [2.05, 4.69) is 38.6 Å². The molecule has 1 unspecified atom stereocenters. The maximum absolute atomic E-state index is 6.25. The van der Waals surface area contributed by atoms with Gasteiger partial charge in [0.25, 0.3) is 0 Å². The van der Waals surface area contributed by atoms with Crippen molar-refractivity contribution in [3.05, 3.63) is 45.1 Å². The lowest BCUT2D eigenvalue weighted by atomic mass is 10.0. The Bertz CT molecular complexity index is 557. The van der Waals surface area contributed by atoms with Gasteiger partial charge in [0.05, 0.1) is 17.9 Å². The van der Waals surface area contributed by atoms with Crippen LogP contribution in [0.2, 0.25) is 5.02 Å². The van der Waals surface area contributed by atoms with Crippen molar-refractivity contribution < 1.29 is 0 Å². The van der Waals surface area contributed by atoms with Gasteiger partial charge in [-0.1, -0.05) is 39.7 Å². The van der Waals surface area contributed by atoms with Gasteiger partial charge in [-0.25, -0.2) is 10.1 Å². The topological polar surface area (TPSA) is 68.8 Å². The van der Waals surface area contributed by atoms with Gasteiger partial charge in [-0.15, -0.1) is 5.10 Å². The molecule has 0 saturated carbocycles. The van der Waals surface area contributed by atoms with Gasteiger partial charge >= 0.3 is 0 Å². The first-order valence-corrected chi connectivity index (χ1v) is 7.14. The molecule has 102 valence electrons. The second-order valence-electron chi connectivity index (χ2n) is 4.15. The van der Waals surface area contributed by atoms with E-state index >= 15 is 0 Å². The molecule has 0 aliphatic rings. The first-order chi connectivity index (χ1) is 9.17. The van der Waals surface area contributed by atoms with E-state index in [9.17, 15) is 0 Å². The van der Waals surface area contributed by atoms with Gasteiger partial charge < -0.3 is 0 Å². The summed E-state index contributed by atoms with van der Waals surface area (Å²) in [5.41, 5.74) is 4.56. The minimum Gasteiger partial charge on any atom is -0.271 e. The zero-order chi connectivity index (χ0) is 13.8. The third-order valence-corrected chi connectivity index (χ3v) is 3.65. The largest absolute Gasteiger partial charge is 0.271 e. The lowest BCUT2D eigenvalue weighted by Crippen LogP contribution is -2.31. The minimum atomic E-state index is -0.244. The smallest absolute Gasteiger partial charge is 0.0909 e. The van der Waals surface area contributed by atoms with Crippen molar-refractivity contribution in [2.45, 2.75) is 25.9 Å². The molecule has 3 N–H and O–H groups in total. The third-order valence-electron chi connectivity index (χ3n) is 2.81. The Hall–Kier alpha value is -0.950. The van der Waals surface area contributed by atoms with E-state index in [1.54, 1.807) is 6.20 Å². The Labute approximate surface area is 125 Å². The van der Waals surface area contributed by atoms with Gasteiger partial charge in [0.1, 0.15) is 0 Å². The fourth-order valence-corrected chi connectivity index (χ4v) is 2.55. The normalized spacial score (nSPS) is 12.6. The van der Waals surface area contributed by atoms with Crippen LogP contribution in [0.3, 0.4) is 0 Å². The van der Waals surface area contributed by atoms with Crippen LogP contribution >= 0.6 is 27.5 Å². The zero-order valence-corrected chi connectivity index (χ0v) is 12.8. The Morgan fingerprint density at radius 3 is 3.00 bits per heavy atom. The summed E-state index contributed by atoms with van der Waals surface area (Å²) in [5, 5.41) is 8.67. The van der Waals surface area contributed by atoms with Crippen molar-refractivity contribution >= 4 is 27.5 Å². The number of benzene rings is 1. The SMILES string of the molecule is CCCn1nncc1C(NN)c1cc(Br)ccc1Cl. The molecular weight excluding hydrogens is 330 g/mol. The molecule has 19 heavy (non-hydrogen) atoms. The Morgan fingerprint density at radius 2 is 2.32 bits per heavy atom. The lowest BCUT2D eigenvalue weighted by molar-refractivity contribution is 0.512. The molecule has 0 spiro atoms. The molecule has 2 aromatic rings. The van der Waals surface area contributed by atoms with E-state index in [1.165, 1.54) is 0 Å². The summed E-state index contributed by atoms with van der Waals surface area (Å²) in [5.74, 6) is 5.69. The van der Waals surface area contributed by atoms with Crippen LogP contribution in [0.5, 0.6) is 0 Å². The summed E-state index contributed by atoms with van der Waals surface area (Å²) in [7, 11) is 0. The Kier molecular flexibility index (Phi) is 4.93. The van der Waals surface area contributed by atoms with Crippen molar-refractivity contribution in [3.8, 4) is 0 Å². The molecule has 1 aromatic heterocycles. The Balaban J connectivity index is 2.44. The molecule has 0 bridgehead atoms. The highest BCUT2D eigenvalue weighted by molar-refractivity contribution is 9.10. The summed E-state index contributed by atoms with van der Waals surface area (Å²) in [6, 6.07) is 5.42. The molecule has 2 rings (SSSR count). The van der Waals surface area contributed by atoms with Gasteiger partial charge in [-0.2, -0.15) is 0 Å². The lowest BCUT2D eigenvalue weighted by Gasteiger charge is -2.18. The number of halogens is 2. The van der Waals surface area contributed by atoms with Crippen LogP contribution < -0.4 is 11.3 Å². The molecule has 0 fully saturated rings. The van der Waals surface area contributed by atoms with Gasteiger partial charge in [0.2, 0.25) is 0 Å². The monoisotopic (exact) mass is 343 g/mol. The predicted molar refractivity (Wildman–Crippen MR) is 78.6 cm³/mol. The van der Waals surface area contributed by atoms with E-state index in [-0.39, 0.29) is 6.04 Å².